The van der Waals surface area contributed by atoms with Crippen LogP contribution in [0, 0.1) is 16.7 Å². The van der Waals surface area contributed by atoms with Crippen molar-refractivity contribution in [2.75, 3.05) is 25.1 Å². The summed E-state index contributed by atoms with van der Waals surface area (Å²) in [5.41, 5.74) is 1.42. The molecule has 0 amide bonds. The Kier molecular flexibility index (Phi) is 4.06. The van der Waals surface area contributed by atoms with Crippen molar-refractivity contribution in [3.05, 3.63) is 30.2 Å². The van der Waals surface area contributed by atoms with Crippen molar-refractivity contribution in [2.45, 2.75) is 25.2 Å². The highest BCUT2D eigenvalue weighted by Gasteiger charge is 2.33. The quantitative estimate of drug-likeness (QED) is 0.618. The van der Waals surface area contributed by atoms with E-state index in [9.17, 15) is 5.26 Å². The summed E-state index contributed by atoms with van der Waals surface area (Å²) in [6.07, 6.45) is 1.55. The highest BCUT2D eigenvalue weighted by Crippen LogP contribution is 2.31. The van der Waals surface area contributed by atoms with Gasteiger partial charge in [-0.25, -0.2) is 4.98 Å². The average molecular weight is 354 g/mol. The molecular formula is C17H18N6O3. The first-order valence-corrected chi connectivity index (χ1v) is 8.25. The number of anilines is 1. The largest absolute Gasteiger partial charge is 0.468 e. The number of hydrogen-bond donors (Lipinski definition) is 2. The molecular weight excluding hydrogens is 336 g/mol. The van der Waals surface area contributed by atoms with Crippen LogP contribution in [-0.4, -0.2) is 52.5 Å². The van der Waals surface area contributed by atoms with Gasteiger partial charge in [0.05, 0.1) is 37.7 Å². The van der Waals surface area contributed by atoms with Crippen LogP contribution in [0.25, 0.3) is 11.0 Å². The van der Waals surface area contributed by atoms with Crippen molar-refractivity contribution in [1.82, 2.24) is 14.5 Å². The molecule has 26 heavy (non-hydrogen) atoms. The molecule has 0 aliphatic carbocycles. The first kappa shape index (κ1) is 16.5. The predicted molar refractivity (Wildman–Crippen MR) is 92.9 cm³/mol. The fourth-order valence-corrected chi connectivity index (χ4v) is 2.86. The van der Waals surface area contributed by atoms with Crippen molar-refractivity contribution in [2.24, 2.45) is 0 Å². The second-order valence-corrected chi connectivity index (χ2v) is 6.30. The SMILES string of the molecule is C=C(Nc1ncc2cc(C#N)n(C3CO[C@H]3C)c2n1)C(=N)OC1COC1. The number of ether oxygens (including phenoxy) is 3. The topological polar surface area (TPSA) is 118 Å². The van der Waals surface area contributed by atoms with Crippen LogP contribution in [0.4, 0.5) is 5.95 Å². The highest BCUT2D eigenvalue weighted by atomic mass is 16.6. The fourth-order valence-electron chi connectivity index (χ4n) is 2.86. The lowest BCUT2D eigenvalue weighted by Gasteiger charge is -2.35. The second-order valence-electron chi connectivity index (χ2n) is 6.30. The van der Waals surface area contributed by atoms with Gasteiger partial charge in [-0.2, -0.15) is 10.2 Å². The van der Waals surface area contributed by atoms with Gasteiger partial charge >= 0.3 is 0 Å². The zero-order valence-corrected chi connectivity index (χ0v) is 14.2. The monoisotopic (exact) mass is 354 g/mol. The van der Waals surface area contributed by atoms with Gasteiger partial charge in [-0.15, -0.1) is 0 Å². The molecule has 2 N–H and O–H groups in total. The molecule has 2 aliphatic heterocycles. The molecule has 2 aromatic heterocycles. The van der Waals surface area contributed by atoms with Crippen molar-refractivity contribution >= 4 is 22.9 Å². The van der Waals surface area contributed by atoms with E-state index in [4.69, 9.17) is 19.6 Å². The lowest BCUT2D eigenvalue weighted by atomic mass is 10.1. The van der Waals surface area contributed by atoms with Gasteiger partial charge in [0, 0.05) is 11.6 Å². The first-order chi connectivity index (χ1) is 12.6. The van der Waals surface area contributed by atoms with Crippen molar-refractivity contribution in [1.29, 1.82) is 10.7 Å². The number of rotatable bonds is 5. The number of aromatic nitrogens is 3. The summed E-state index contributed by atoms with van der Waals surface area (Å²) in [5.74, 6) is 0.216. The van der Waals surface area contributed by atoms with E-state index in [2.05, 4.69) is 27.9 Å². The van der Waals surface area contributed by atoms with Gasteiger partial charge in [-0.1, -0.05) is 6.58 Å². The summed E-state index contributed by atoms with van der Waals surface area (Å²) in [6, 6.07) is 4.03. The Bertz CT molecular complexity index is 926. The van der Waals surface area contributed by atoms with Crippen LogP contribution >= 0.6 is 0 Å². The summed E-state index contributed by atoms with van der Waals surface area (Å²) in [6.45, 7) is 7.26. The molecule has 0 radical (unpaired) electrons. The average Bonchev–Trinajstić information content (AvgIpc) is 2.94. The number of hydrogen-bond acceptors (Lipinski definition) is 8. The summed E-state index contributed by atoms with van der Waals surface area (Å²) in [5, 5.41) is 21.0. The van der Waals surface area contributed by atoms with Gasteiger partial charge in [0.15, 0.2) is 0 Å². The van der Waals surface area contributed by atoms with Crippen LogP contribution in [-0.2, 0) is 14.2 Å². The first-order valence-electron chi connectivity index (χ1n) is 8.25. The Morgan fingerprint density at radius 2 is 2.31 bits per heavy atom. The van der Waals surface area contributed by atoms with E-state index in [0.29, 0.717) is 31.2 Å². The van der Waals surface area contributed by atoms with E-state index in [1.54, 1.807) is 12.3 Å². The lowest BCUT2D eigenvalue weighted by Crippen LogP contribution is -2.39. The van der Waals surface area contributed by atoms with E-state index in [1.807, 2.05) is 11.5 Å². The summed E-state index contributed by atoms with van der Waals surface area (Å²) >= 11 is 0. The highest BCUT2D eigenvalue weighted by molar-refractivity contribution is 5.93. The van der Waals surface area contributed by atoms with Crippen LogP contribution in [0.1, 0.15) is 18.7 Å². The second kappa shape index (κ2) is 6.40. The number of nitrogens with one attached hydrogen (secondary N) is 2. The summed E-state index contributed by atoms with van der Waals surface area (Å²) < 4.78 is 17.7. The molecule has 0 spiro atoms. The molecule has 2 atom stereocenters. The Morgan fingerprint density at radius 1 is 1.50 bits per heavy atom. The standard InChI is InChI=1S/C17H18N6O3/c1-9(15(19)26-13-6-24-7-13)21-17-20-5-11-3-12(4-18)23(16(11)22-17)14-8-25-10(14)2/h3,5,10,13-14,19H,1,6-8H2,2H3,(H,20,21,22)/t10-,14?/m0/s1. The smallest absolute Gasteiger partial charge is 0.230 e. The zero-order valence-electron chi connectivity index (χ0n) is 14.2. The van der Waals surface area contributed by atoms with Crippen LogP contribution < -0.4 is 5.32 Å². The van der Waals surface area contributed by atoms with Crippen molar-refractivity contribution in [3.63, 3.8) is 0 Å². The van der Waals surface area contributed by atoms with Crippen LogP contribution in [0.3, 0.4) is 0 Å². The van der Waals surface area contributed by atoms with Crippen LogP contribution in [0.2, 0.25) is 0 Å². The minimum Gasteiger partial charge on any atom is -0.468 e. The maximum atomic E-state index is 9.43. The third-order valence-corrected chi connectivity index (χ3v) is 4.52. The molecule has 2 saturated heterocycles. The van der Waals surface area contributed by atoms with Gasteiger partial charge in [-0.3, -0.25) is 5.41 Å². The normalized spacial score (nSPS) is 22.2. The van der Waals surface area contributed by atoms with Gasteiger partial charge in [0.25, 0.3) is 0 Å². The van der Waals surface area contributed by atoms with Gasteiger partial charge in [0.1, 0.15) is 23.5 Å². The van der Waals surface area contributed by atoms with Crippen molar-refractivity contribution in [3.8, 4) is 6.07 Å². The molecule has 0 aromatic carbocycles. The summed E-state index contributed by atoms with van der Waals surface area (Å²) in [4.78, 5) is 8.75. The molecule has 2 fully saturated rings. The van der Waals surface area contributed by atoms with Crippen LogP contribution in [0.5, 0.6) is 0 Å². The van der Waals surface area contributed by atoms with E-state index in [-0.39, 0.29) is 35.8 Å². The fraction of sp³-hybridized carbons (Fsp3) is 0.412. The van der Waals surface area contributed by atoms with Gasteiger partial charge in [-0.05, 0) is 13.0 Å². The molecule has 0 saturated carbocycles. The van der Waals surface area contributed by atoms with Gasteiger partial charge in [0.2, 0.25) is 11.8 Å². The molecule has 0 bridgehead atoms. The Hall–Kier alpha value is -2.96. The number of nitrogens with zero attached hydrogens (tertiary/aromatic N) is 4. The van der Waals surface area contributed by atoms with E-state index >= 15 is 0 Å². The van der Waals surface area contributed by atoms with E-state index < -0.39 is 0 Å². The maximum Gasteiger partial charge on any atom is 0.230 e. The Balaban J connectivity index is 1.58. The van der Waals surface area contributed by atoms with Crippen LogP contribution in [0.15, 0.2) is 24.5 Å². The molecule has 4 rings (SSSR count). The molecule has 134 valence electrons. The number of fused-ring (bicyclic) bond motifs is 1. The third kappa shape index (κ3) is 2.79. The minimum absolute atomic E-state index is 0.0188. The molecule has 9 nitrogen and oxygen atoms in total. The Labute approximate surface area is 149 Å². The minimum atomic E-state index is -0.111. The lowest BCUT2D eigenvalue weighted by molar-refractivity contribution is -0.0918. The number of nitriles is 1. The molecule has 2 aromatic rings. The van der Waals surface area contributed by atoms with Crippen molar-refractivity contribution < 1.29 is 14.2 Å². The predicted octanol–water partition coefficient (Wildman–Crippen LogP) is 1.58. The molecule has 9 heteroatoms. The zero-order chi connectivity index (χ0) is 18.3. The Morgan fingerprint density at radius 3 is 2.88 bits per heavy atom. The molecule has 1 unspecified atom stereocenters. The molecule has 2 aliphatic rings. The van der Waals surface area contributed by atoms with E-state index in [0.717, 1.165) is 5.39 Å². The van der Waals surface area contributed by atoms with Gasteiger partial charge < -0.3 is 24.1 Å². The third-order valence-electron chi connectivity index (χ3n) is 4.52. The van der Waals surface area contributed by atoms with E-state index in [1.165, 1.54) is 0 Å². The summed E-state index contributed by atoms with van der Waals surface area (Å²) in [7, 11) is 0. The maximum absolute atomic E-state index is 9.43. The molecule has 4 heterocycles.